The van der Waals surface area contributed by atoms with E-state index < -0.39 is 11.7 Å². The molecule has 7 heteroatoms. The van der Waals surface area contributed by atoms with E-state index in [-0.39, 0.29) is 11.8 Å². The molecule has 2 rings (SSSR count). The van der Waals surface area contributed by atoms with Gasteiger partial charge in [-0.25, -0.2) is 9.78 Å². The van der Waals surface area contributed by atoms with Crippen molar-refractivity contribution < 1.29 is 14.3 Å². The first-order valence-electron chi connectivity index (χ1n) is 9.19. The Balaban J connectivity index is 1.77. The Hall–Kier alpha value is -2.15. The van der Waals surface area contributed by atoms with E-state index in [4.69, 9.17) is 10.5 Å². The second-order valence-electron chi connectivity index (χ2n) is 7.85. The molecule has 0 saturated heterocycles. The monoisotopic (exact) mass is 362 g/mol. The van der Waals surface area contributed by atoms with Gasteiger partial charge in [-0.3, -0.25) is 10.1 Å². The van der Waals surface area contributed by atoms with Gasteiger partial charge < -0.3 is 15.8 Å². The zero-order valence-corrected chi connectivity index (χ0v) is 15.9. The van der Waals surface area contributed by atoms with Gasteiger partial charge in [-0.05, 0) is 70.5 Å². The molecule has 0 aromatic carbocycles. The van der Waals surface area contributed by atoms with Gasteiger partial charge in [-0.15, -0.1) is 0 Å². The summed E-state index contributed by atoms with van der Waals surface area (Å²) in [6, 6.07) is 3.52. The van der Waals surface area contributed by atoms with Crippen molar-refractivity contribution in [1.82, 2.24) is 10.3 Å². The van der Waals surface area contributed by atoms with Gasteiger partial charge in [0.25, 0.3) is 0 Å². The molecule has 1 saturated carbocycles. The van der Waals surface area contributed by atoms with Crippen LogP contribution < -0.4 is 16.4 Å². The molecule has 1 aliphatic carbocycles. The Morgan fingerprint density at radius 3 is 2.46 bits per heavy atom. The summed E-state index contributed by atoms with van der Waals surface area (Å²) in [6.45, 7) is 6.54. The highest BCUT2D eigenvalue weighted by molar-refractivity contribution is 5.83. The second kappa shape index (κ2) is 8.98. The molecule has 144 valence electrons. The highest BCUT2D eigenvalue weighted by Crippen LogP contribution is 2.28. The molecule has 0 atom stereocenters. The standard InChI is InChI=1S/C19H30N4O3/c1-19(2,3)26-18(25)23-16-9-6-14(11-21-16)12-22-17(24)15-7-4-13(10-20)5-8-15/h6,9,11,13,15H,4-5,7-8,10,12,20H2,1-3H3,(H,22,24)(H,21,23,25). The number of carbonyl (C=O) groups excluding carboxylic acids is 2. The van der Waals surface area contributed by atoms with Crippen LogP contribution >= 0.6 is 0 Å². The minimum absolute atomic E-state index is 0.0823. The molecule has 26 heavy (non-hydrogen) atoms. The number of hydrogen-bond acceptors (Lipinski definition) is 5. The summed E-state index contributed by atoms with van der Waals surface area (Å²) < 4.78 is 5.18. The van der Waals surface area contributed by atoms with Crippen molar-refractivity contribution in [2.45, 2.75) is 58.6 Å². The van der Waals surface area contributed by atoms with Crippen LogP contribution in [0.15, 0.2) is 18.3 Å². The van der Waals surface area contributed by atoms with Crippen molar-refractivity contribution in [2.24, 2.45) is 17.6 Å². The molecule has 1 heterocycles. The Kier molecular flexibility index (Phi) is 6.97. The van der Waals surface area contributed by atoms with Crippen LogP contribution in [0.1, 0.15) is 52.0 Å². The largest absolute Gasteiger partial charge is 0.444 e. The third-order valence-electron chi connectivity index (χ3n) is 4.47. The van der Waals surface area contributed by atoms with Gasteiger partial charge >= 0.3 is 6.09 Å². The zero-order chi connectivity index (χ0) is 19.2. The zero-order valence-electron chi connectivity index (χ0n) is 15.9. The van der Waals surface area contributed by atoms with Crippen molar-refractivity contribution in [3.8, 4) is 0 Å². The first-order valence-corrected chi connectivity index (χ1v) is 9.19. The van der Waals surface area contributed by atoms with Crippen LogP contribution in [0.4, 0.5) is 10.6 Å². The molecule has 0 spiro atoms. The molecular weight excluding hydrogens is 332 g/mol. The maximum atomic E-state index is 12.3. The fourth-order valence-electron chi connectivity index (χ4n) is 3.01. The second-order valence-corrected chi connectivity index (χ2v) is 7.85. The normalized spacial score (nSPS) is 20.3. The maximum absolute atomic E-state index is 12.3. The number of nitrogens with zero attached hydrogens (tertiary/aromatic N) is 1. The van der Waals surface area contributed by atoms with Crippen LogP contribution in [-0.2, 0) is 16.1 Å². The minimum atomic E-state index is -0.558. The molecule has 0 radical (unpaired) electrons. The molecule has 0 bridgehead atoms. The van der Waals surface area contributed by atoms with Gasteiger partial charge in [-0.2, -0.15) is 0 Å². The van der Waals surface area contributed by atoms with Gasteiger partial charge in [0.2, 0.25) is 5.91 Å². The van der Waals surface area contributed by atoms with Crippen LogP contribution in [0.3, 0.4) is 0 Å². The van der Waals surface area contributed by atoms with Crippen molar-refractivity contribution in [3.63, 3.8) is 0 Å². The van der Waals surface area contributed by atoms with Crippen LogP contribution in [0, 0.1) is 11.8 Å². The molecule has 1 fully saturated rings. The third kappa shape index (κ3) is 6.63. The molecular formula is C19H30N4O3. The number of nitrogens with two attached hydrogens (primary N) is 1. The Morgan fingerprint density at radius 1 is 1.23 bits per heavy atom. The molecule has 1 aliphatic rings. The predicted octanol–water partition coefficient (Wildman–Crippen LogP) is 2.81. The highest BCUT2D eigenvalue weighted by atomic mass is 16.6. The first-order chi connectivity index (χ1) is 12.3. The van der Waals surface area contributed by atoms with Crippen LogP contribution in [0.25, 0.3) is 0 Å². The SMILES string of the molecule is CC(C)(C)OC(=O)Nc1ccc(CNC(=O)C2CCC(CN)CC2)cn1. The lowest BCUT2D eigenvalue weighted by atomic mass is 9.81. The average Bonchev–Trinajstić information content (AvgIpc) is 2.59. The number of rotatable bonds is 5. The fourth-order valence-corrected chi connectivity index (χ4v) is 3.01. The van der Waals surface area contributed by atoms with Crippen molar-refractivity contribution in [2.75, 3.05) is 11.9 Å². The number of pyridine rings is 1. The van der Waals surface area contributed by atoms with E-state index >= 15 is 0 Å². The van der Waals surface area contributed by atoms with E-state index in [2.05, 4.69) is 15.6 Å². The lowest BCUT2D eigenvalue weighted by Crippen LogP contribution is -2.34. The molecule has 0 aliphatic heterocycles. The van der Waals surface area contributed by atoms with E-state index in [1.165, 1.54) is 0 Å². The van der Waals surface area contributed by atoms with Gasteiger partial charge in [0.15, 0.2) is 0 Å². The number of nitrogens with one attached hydrogen (secondary N) is 2. The van der Waals surface area contributed by atoms with Crippen LogP contribution in [0.2, 0.25) is 0 Å². The number of carbonyl (C=O) groups is 2. The molecule has 1 aromatic heterocycles. The summed E-state index contributed by atoms with van der Waals surface area (Å²) in [4.78, 5) is 28.2. The highest BCUT2D eigenvalue weighted by Gasteiger charge is 2.25. The van der Waals surface area contributed by atoms with Crippen LogP contribution in [0.5, 0.6) is 0 Å². The third-order valence-corrected chi connectivity index (χ3v) is 4.47. The molecule has 1 aromatic rings. The van der Waals surface area contributed by atoms with Crippen LogP contribution in [-0.4, -0.2) is 29.1 Å². The van der Waals surface area contributed by atoms with Gasteiger partial charge in [-0.1, -0.05) is 6.07 Å². The summed E-state index contributed by atoms with van der Waals surface area (Å²) in [7, 11) is 0. The number of anilines is 1. The maximum Gasteiger partial charge on any atom is 0.413 e. The predicted molar refractivity (Wildman–Crippen MR) is 100 cm³/mol. The lowest BCUT2D eigenvalue weighted by Gasteiger charge is -2.26. The van der Waals surface area contributed by atoms with E-state index in [0.29, 0.717) is 24.8 Å². The van der Waals surface area contributed by atoms with E-state index in [1.807, 2.05) is 6.07 Å². The van der Waals surface area contributed by atoms with E-state index in [0.717, 1.165) is 31.2 Å². The Bertz CT molecular complexity index is 602. The molecule has 7 nitrogen and oxygen atoms in total. The van der Waals surface area contributed by atoms with Gasteiger partial charge in [0, 0.05) is 18.7 Å². The summed E-state index contributed by atoms with van der Waals surface area (Å²) in [5.74, 6) is 1.15. The summed E-state index contributed by atoms with van der Waals surface area (Å²) >= 11 is 0. The first kappa shape index (κ1) is 20.2. The Labute approximate surface area is 155 Å². The quantitative estimate of drug-likeness (QED) is 0.747. The van der Waals surface area contributed by atoms with Crippen molar-refractivity contribution in [3.05, 3.63) is 23.9 Å². The van der Waals surface area contributed by atoms with Gasteiger partial charge in [0.1, 0.15) is 11.4 Å². The fraction of sp³-hybridized carbons (Fsp3) is 0.632. The number of amides is 2. The number of hydrogen-bond donors (Lipinski definition) is 3. The Morgan fingerprint density at radius 2 is 1.92 bits per heavy atom. The van der Waals surface area contributed by atoms with Crippen molar-refractivity contribution in [1.29, 1.82) is 0 Å². The van der Waals surface area contributed by atoms with E-state index in [9.17, 15) is 9.59 Å². The smallest absolute Gasteiger partial charge is 0.413 e. The molecule has 0 unspecified atom stereocenters. The minimum Gasteiger partial charge on any atom is -0.444 e. The number of ether oxygens (including phenoxy) is 1. The molecule has 2 amide bonds. The number of aromatic nitrogens is 1. The summed E-state index contributed by atoms with van der Waals surface area (Å²) in [5, 5.41) is 5.55. The van der Waals surface area contributed by atoms with E-state index in [1.54, 1.807) is 33.0 Å². The van der Waals surface area contributed by atoms with Crippen molar-refractivity contribution >= 4 is 17.8 Å². The summed E-state index contributed by atoms with van der Waals surface area (Å²) in [5.41, 5.74) is 6.01. The topological polar surface area (TPSA) is 106 Å². The lowest BCUT2D eigenvalue weighted by molar-refractivity contribution is -0.126. The molecule has 4 N–H and O–H groups in total. The summed E-state index contributed by atoms with van der Waals surface area (Å²) in [6.07, 6.45) is 4.97. The average molecular weight is 362 g/mol. The van der Waals surface area contributed by atoms with Gasteiger partial charge in [0.05, 0.1) is 0 Å².